The number of fused-ring (bicyclic) bond motifs is 1. The third-order valence-electron chi connectivity index (χ3n) is 4.16. The lowest BCUT2D eigenvalue weighted by molar-refractivity contribution is 0.102. The topological polar surface area (TPSA) is 89.4 Å². The lowest BCUT2D eigenvalue weighted by atomic mass is 10.1. The number of ether oxygens (including phenoxy) is 1. The largest absolute Gasteiger partial charge is 0.495 e. The van der Waals surface area contributed by atoms with Crippen molar-refractivity contribution in [3.05, 3.63) is 54.2 Å². The fraction of sp³-hybridized carbons (Fsp3) is 0.167. The summed E-state index contributed by atoms with van der Waals surface area (Å²) >= 11 is 0. The normalized spacial score (nSPS) is 11.5. The van der Waals surface area contributed by atoms with E-state index in [-0.39, 0.29) is 16.2 Å². The monoisotopic (exact) mass is 373 g/mol. The van der Waals surface area contributed by atoms with Crippen LogP contribution in [0.25, 0.3) is 10.9 Å². The summed E-state index contributed by atoms with van der Waals surface area (Å²) in [5, 5.41) is 3.74. The number of nitrogens with zero attached hydrogens (tertiary/aromatic N) is 1. The second-order valence-electron chi connectivity index (χ2n) is 5.69. The van der Waals surface area contributed by atoms with Gasteiger partial charge in [0.2, 0.25) is 10.0 Å². The van der Waals surface area contributed by atoms with Gasteiger partial charge in [0.1, 0.15) is 10.6 Å². The van der Waals surface area contributed by atoms with Crippen LogP contribution in [0.3, 0.4) is 0 Å². The molecule has 0 radical (unpaired) electrons. The SMILES string of the molecule is CNS(=O)(=O)c1cc(C(=O)Nc2cccc3c2ccn3C)ccc1OC. The fourth-order valence-electron chi connectivity index (χ4n) is 2.74. The molecular formula is C18H19N3O4S. The molecule has 1 amide bonds. The van der Waals surface area contributed by atoms with Crippen LogP contribution in [0.1, 0.15) is 10.4 Å². The standard InChI is InChI=1S/C18H19N3O4S/c1-19-26(23,24)17-11-12(7-8-16(17)25-3)18(22)20-14-5-4-6-15-13(14)9-10-21(15)2/h4-11,19H,1-3H3,(H,20,22). The third-order valence-corrected chi connectivity index (χ3v) is 5.60. The first-order chi connectivity index (χ1) is 12.4. The van der Waals surface area contributed by atoms with E-state index in [0.29, 0.717) is 5.69 Å². The lowest BCUT2D eigenvalue weighted by Crippen LogP contribution is -2.20. The Morgan fingerprint density at radius 1 is 1.15 bits per heavy atom. The number of rotatable bonds is 5. The summed E-state index contributed by atoms with van der Waals surface area (Å²) in [6.07, 6.45) is 1.91. The molecule has 2 aromatic carbocycles. The molecule has 0 aliphatic rings. The molecule has 1 aromatic heterocycles. The van der Waals surface area contributed by atoms with Gasteiger partial charge in [0, 0.05) is 29.7 Å². The average Bonchev–Trinajstić information content (AvgIpc) is 3.03. The maximum absolute atomic E-state index is 12.7. The van der Waals surface area contributed by atoms with Gasteiger partial charge >= 0.3 is 0 Å². The molecule has 26 heavy (non-hydrogen) atoms. The van der Waals surface area contributed by atoms with Gasteiger partial charge in [-0.05, 0) is 43.4 Å². The van der Waals surface area contributed by atoms with Crippen LogP contribution in [0.5, 0.6) is 5.75 Å². The van der Waals surface area contributed by atoms with Gasteiger partial charge in [0.05, 0.1) is 12.8 Å². The molecule has 0 fully saturated rings. The molecule has 0 spiro atoms. The minimum Gasteiger partial charge on any atom is -0.495 e. The number of benzene rings is 2. The van der Waals surface area contributed by atoms with E-state index in [1.807, 2.05) is 36.0 Å². The smallest absolute Gasteiger partial charge is 0.255 e. The Kier molecular flexibility index (Phi) is 4.71. The zero-order valence-corrected chi connectivity index (χ0v) is 15.4. The molecule has 3 rings (SSSR count). The molecule has 7 nitrogen and oxygen atoms in total. The number of carbonyl (C=O) groups is 1. The van der Waals surface area contributed by atoms with E-state index >= 15 is 0 Å². The third kappa shape index (κ3) is 3.16. The zero-order valence-electron chi connectivity index (χ0n) is 14.6. The molecule has 0 unspecified atom stereocenters. The van der Waals surface area contributed by atoms with Crippen molar-refractivity contribution in [2.24, 2.45) is 7.05 Å². The van der Waals surface area contributed by atoms with Crippen LogP contribution in [0, 0.1) is 0 Å². The minimum absolute atomic E-state index is 0.0898. The molecule has 0 aliphatic heterocycles. The Hall–Kier alpha value is -2.84. The number of carbonyl (C=O) groups excluding carboxylic acids is 1. The average molecular weight is 373 g/mol. The molecule has 0 bridgehead atoms. The molecule has 0 atom stereocenters. The summed E-state index contributed by atoms with van der Waals surface area (Å²) < 4.78 is 33.6. The van der Waals surface area contributed by atoms with Crippen molar-refractivity contribution >= 4 is 32.5 Å². The Bertz CT molecular complexity index is 1090. The van der Waals surface area contributed by atoms with E-state index in [2.05, 4.69) is 10.0 Å². The highest BCUT2D eigenvalue weighted by Gasteiger charge is 2.20. The quantitative estimate of drug-likeness (QED) is 0.718. The minimum atomic E-state index is -3.76. The van der Waals surface area contributed by atoms with Crippen molar-refractivity contribution in [1.29, 1.82) is 0 Å². The van der Waals surface area contributed by atoms with Crippen LogP contribution in [0.15, 0.2) is 53.6 Å². The predicted octanol–water partition coefficient (Wildman–Crippen LogP) is 2.35. The van der Waals surface area contributed by atoms with Gasteiger partial charge in [0.25, 0.3) is 5.91 Å². The predicted molar refractivity (Wildman–Crippen MR) is 100 cm³/mol. The second kappa shape index (κ2) is 6.81. The molecule has 136 valence electrons. The number of methoxy groups -OCH3 is 1. The van der Waals surface area contributed by atoms with Crippen LogP contribution < -0.4 is 14.8 Å². The maximum Gasteiger partial charge on any atom is 0.255 e. The van der Waals surface area contributed by atoms with Crippen LogP contribution in [0.2, 0.25) is 0 Å². The van der Waals surface area contributed by atoms with Gasteiger partial charge in [-0.3, -0.25) is 4.79 Å². The number of aryl methyl sites for hydroxylation is 1. The summed E-state index contributed by atoms with van der Waals surface area (Å²) in [5.74, 6) is -0.238. The Labute approximate surface area is 151 Å². The summed E-state index contributed by atoms with van der Waals surface area (Å²) in [6, 6.07) is 11.8. The fourth-order valence-corrected chi connectivity index (χ4v) is 3.66. The van der Waals surface area contributed by atoms with E-state index in [9.17, 15) is 13.2 Å². The number of sulfonamides is 1. The highest BCUT2D eigenvalue weighted by molar-refractivity contribution is 7.89. The number of nitrogens with one attached hydrogen (secondary N) is 2. The summed E-state index contributed by atoms with van der Waals surface area (Å²) in [4.78, 5) is 12.6. The van der Waals surface area contributed by atoms with E-state index in [0.717, 1.165) is 10.9 Å². The van der Waals surface area contributed by atoms with E-state index < -0.39 is 15.9 Å². The first-order valence-corrected chi connectivity index (χ1v) is 9.32. The number of hydrogen-bond donors (Lipinski definition) is 2. The maximum atomic E-state index is 12.7. The molecule has 2 N–H and O–H groups in total. The first kappa shape index (κ1) is 18.0. The van der Waals surface area contributed by atoms with E-state index in [1.165, 1.54) is 32.4 Å². The highest BCUT2D eigenvalue weighted by atomic mass is 32.2. The van der Waals surface area contributed by atoms with Crippen molar-refractivity contribution in [1.82, 2.24) is 9.29 Å². The van der Waals surface area contributed by atoms with Crippen molar-refractivity contribution in [3.63, 3.8) is 0 Å². The number of aromatic nitrogens is 1. The van der Waals surface area contributed by atoms with Crippen molar-refractivity contribution in [3.8, 4) is 5.75 Å². The molecule has 0 aliphatic carbocycles. The van der Waals surface area contributed by atoms with Crippen LogP contribution in [-0.4, -0.2) is 33.0 Å². The van der Waals surface area contributed by atoms with Crippen LogP contribution in [-0.2, 0) is 17.1 Å². The second-order valence-corrected chi connectivity index (χ2v) is 7.55. The zero-order chi connectivity index (χ0) is 18.9. The molecule has 1 heterocycles. The number of hydrogen-bond acceptors (Lipinski definition) is 4. The van der Waals surface area contributed by atoms with Crippen LogP contribution >= 0.6 is 0 Å². The van der Waals surface area contributed by atoms with Gasteiger partial charge in [-0.15, -0.1) is 0 Å². The lowest BCUT2D eigenvalue weighted by Gasteiger charge is -2.12. The van der Waals surface area contributed by atoms with Crippen molar-refractivity contribution in [2.75, 3.05) is 19.5 Å². The van der Waals surface area contributed by atoms with Crippen molar-refractivity contribution < 1.29 is 17.9 Å². The Balaban J connectivity index is 1.99. The molecule has 0 saturated heterocycles. The van der Waals surface area contributed by atoms with E-state index in [4.69, 9.17) is 4.74 Å². The summed E-state index contributed by atoms with van der Waals surface area (Å²) in [5.41, 5.74) is 1.85. The Morgan fingerprint density at radius 2 is 1.92 bits per heavy atom. The molecule has 8 heteroatoms. The van der Waals surface area contributed by atoms with Crippen molar-refractivity contribution in [2.45, 2.75) is 4.90 Å². The van der Waals surface area contributed by atoms with Gasteiger partial charge in [-0.1, -0.05) is 6.07 Å². The molecular weight excluding hydrogens is 354 g/mol. The van der Waals surface area contributed by atoms with Gasteiger partial charge < -0.3 is 14.6 Å². The van der Waals surface area contributed by atoms with Gasteiger partial charge in [-0.25, -0.2) is 13.1 Å². The molecule has 3 aromatic rings. The molecule has 0 saturated carbocycles. The van der Waals surface area contributed by atoms with E-state index in [1.54, 1.807) is 6.07 Å². The number of anilines is 1. The summed E-state index contributed by atoms with van der Waals surface area (Å²) in [6.45, 7) is 0. The highest BCUT2D eigenvalue weighted by Crippen LogP contribution is 2.27. The Morgan fingerprint density at radius 3 is 2.62 bits per heavy atom. The summed E-state index contributed by atoms with van der Waals surface area (Å²) in [7, 11) is 0.841. The van der Waals surface area contributed by atoms with Gasteiger partial charge in [-0.2, -0.15) is 0 Å². The number of amides is 1. The van der Waals surface area contributed by atoms with Gasteiger partial charge in [0.15, 0.2) is 0 Å². The van der Waals surface area contributed by atoms with Crippen LogP contribution in [0.4, 0.5) is 5.69 Å². The first-order valence-electron chi connectivity index (χ1n) is 7.84.